The predicted molar refractivity (Wildman–Crippen MR) is 142 cm³/mol. The van der Waals surface area contributed by atoms with E-state index >= 15 is 0 Å². The summed E-state index contributed by atoms with van der Waals surface area (Å²) in [5.74, 6) is 1.44. The van der Waals surface area contributed by atoms with Gasteiger partial charge in [0.2, 0.25) is 0 Å². The molecule has 0 bridgehead atoms. The molecule has 4 rings (SSSR count). The Bertz CT molecular complexity index is 1380. The van der Waals surface area contributed by atoms with Gasteiger partial charge in [0.25, 0.3) is 5.91 Å². The normalized spacial score (nSPS) is 11.0. The molecule has 0 unspecified atom stereocenters. The van der Waals surface area contributed by atoms with Crippen molar-refractivity contribution >= 4 is 39.8 Å². The van der Waals surface area contributed by atoms with Crippen LogP contribution in [-0.2, 0) is 4.79 Å². The monoisotopic (exact) mass is 567 g/mol. The molecule has 0 aliphatic carbocycles. The number of aromatic nitrogens is 3. The van der Waals surface area contributed by atoms with Crippen molar-refractivity contribution in [1.82, 2.24) is 20.2 Å². The summed E-state index contributed by atoms with van der Waals surface area (Å²) in [6, 6.07) is 20.5. The number of amides is 1. The lowest BCUT2D eigenvalue weighted by atomic mass is 10.2. The maximum atomic E-state index is 12.5. The molecule has 0 saturated heterocycles. The predicted octanol–water partition coefficient (Wildman–Crippen LogP) is 4.66. The van der Waals surface area contributed by atoms with Crippen LogP contribution in [0.2, 0.25) is 0 Å². The van der Waals surface area contributed by atoms with Crippen molar-refractivity contribution in [3.05, 3.63) is 76.8 Å². The first-order valence-electron chi connectivity index (χ1n) is 10.7. The standard InChI is InChI=1S/C25H22BrN5O4S/c1-34-19-10-8-18(9-11-19)31-24(17-6-4-3-5-7-17)29-30-25(31)36-15-22(32)28-27-14-16-12-20(26)23(33)21(13-16)35-2/h3-14,33H,15H2,1-2H3,(H,28,32)/b27-14-. The van der Waals surface area contributed by atoms with Gasteiger partial charge in [0, 0.05) is 11.3 Å². The number of rotatable bonds is 9. The summed E-state index contributed by atoms with van der Waals surface area (Å²) in [7, 11) is 3.07. The molecule has 4 aromatic rings. The van der Waals surface area contributed by atoms with Gasteiger partial charge in [0.1, 0.15) is 5.75 Å². The number of phenolic OH excluding ortho intramolecular Hbond substituents is 1. The molecule has 2 N–H and O–H groups in total. The number of carbonyl (C=O) groups is 1. The summed E-state index contributed by atoms with van der Waals surface area (Å²) in [5, 5.41) is 23.2. The fourth-order valence-electron chi connectivity index (χ4n) is 3.27. The summed E-state index contributed by atoms with van der Waals surface area (Å²) in [5.41, 5.74) is 4.88. The van der Waals surface area contributed by atoms with E-state index in [4.69, 9.17) is 9.47 Å². The zero-order valence-electron chi connectivity index (χ0n) is 19.4. The molecule has 1 amide bonds. The van der Waals surface area contributed by atoms with Gasteiger partial charge in [-0.2, -0.15) is 5.10 Å². The van der Waals surface area contributed by atoms with Crippen molar-refractivity contribution in [2.45, 2.75) is 5.16 Å². The van der Waals surface area contributed by atoms with E-state index in [-0.39, 0.29) is 17.4 Å². The SMILES string of the molecule is COc1ccc(-n2c(SCC(=O)N/N=C\c3cc(Br)c(O)c(OC)c3)nnc2-c2ccccc2)cc1. The van der Waals surface area contributed by atoms with Crippen LogP contribution in [0.1, 0.15) is 5.56 Å². The zero-order chi connectivity index (χ0) is 25.5. The topological polar surface area (TPSA) is 111 Å². The molecule has 0 aliphatic rings. The Hall–Kier alpha value is -3.83. The number of aromatic hydroxyl groups is 1. The highest BCUT2D eigenvalue weighted by Gasteiger charge is 2.17. The van der Waals surface area contributed by atoms with Crippen LogP contribution in [-0.4, -0.2) is 52.0 Å². The number of benzene rings is 3. The number of ether oxygens (including phenoxy) is 2. The highest BCUT2D eigenvalue weighted by molar-refractivity contribution is 9.10. The van der Waals surface area contributed by atoms with Gasteiger partial charge in [-0.15, -0.1) is 10.2 Å². The highest BCUT2D eigenvalue weighted by atomic mass is 79.9. The second-order valence-corrected chi connectivity index (χ2v) is 9.14. The minimum absolute atomic E-state index is 0.00840. The van der Waals surface area contributed by atoms with E-state index in [9.17, 15) is 9.90 Å². The number of halogens is 1. The number of hydrazone groups is 1. The molecular formula is C25H22BrN5O4S. The maximum absolute atomic E-state index is 12.5. The lowest BCUT2D eigenvalue weighted by molar-refractivity contribution is -0.118. The molecule has 0 saturated carbocycles. The van der Waals surface area contributed by atoms with Gasteiger partial charge >= 0.3 is 0 Å². The summed E-state index contributed by atoms with van der Waals surface area (Å²) in [6.07, 6.45) is 1.46. The molecule has 1 heterocycles. The average molecular weight is 568 g/mol. The fourth-order valence-corrected chi connectivity index (χ4v) is 4.47. The highest BCUT2D eigenvalue weighted by Crippen LogP contribution is 2.34. The molecule has 0 fully saturated rings. The van der Waals surface area contributed by atoms with Gasteiger partial charge in [-0.05, 0) is 57.9 Å². The third-order valence-electron chi connectivity index (χ3n) is 5.00. The number of phenols is 1. The second-order valence-electron chi connectivity index (χ2n) is 7.34. The van der Waals surface area contributed by atoms with E-state index in [1.165, 1.54) is 25.1 Å². The van der Waals surface area contributed by atoms with Crippen LogP contribution < -0.4 is 14.9 Å². The molecule has 0 atom stereocenters. The van der Waals surface area contributed by atoms with Gasteiger partial charge in [-0.25, -0.2) is 5.43 Å². The second kappa shape index (κ2) is 11.7. The zero-order valence-corrected chi connectivity index (χ0v) is 21.8. The van der Waals surface area contributed by atoms with Crippen molar-refractivity contribution < 1.29 is 19.4 Å². The van der Waals surface area contributed by atoms with Crippen LogP contribution >= 0.6 is 27.7 Å². The van der Waals surface area contributed by atoms with Crippen LogP contribution in [0.25, 0.3) is 17.1 Å². The fraction of sp³-hybridized carbons (Fsp3) is 0.120. The Labute approximate surface area is 220 Å². The Balaban J connectivity index is 1.49. The number of nitrogens with one attached hydrogen (secondary N) is 1. The number of nitrogens with zero attached hydrogens (tertiary/aromatic N) is 4. The molecule has 0 spiro atoms. The van der Waals surface area contributed by atoms with Crippen molar-refractivity contribution in [1.29, 1.82) is 0 Å². The van der Waals surface area contributed by atoms with E-state index in [0.29, 0.717) is 26.8 Å². The maximum Gasteiger partial charge on any atom is 0.250 e. The Morgan fingerprint density at radius 1 is 1.11 bits per heavy atom. The van der Waals surface area contributed by atoms with Crippen LogP contribution in [0.5, 0.6) is 17.2 Å². The van der Waals surface area contributed by atoms with E-state index in [2.05, 4.69) is 36.7 Å². The van der Waals surface area contributed by atoms with E-state index in [1.54, 1.807) is 19.2 Å². The van der Waals surface area contributed by atoms with Crippen molar-refractivity contribution in [3.8, 4) is 34.3 Å². The van der Waals surface area contributed by atoms with E-state index in [0.717, 1.165) is 17.0 Å². The molecule has 184 valence electrons. The first kappa shape index (κ1) is 25.3. The Kier molecular flexibility index (Phi) is 8.24. The number of methoxy groups -OCH3 is 2. The quantitative estimate of drug-likeness (QED) is 0.172. The average Bonchev–Trinajstić information content (AvgIpc) is 3.34. The first-order chi connectivity index (χ1) is 17.5. The molecule has 3 aromatic carbocycles. The van der Waals surface area contributed by atoms with Crippen molar-refractivity contribution in [2.24, 2.45) is 5.10 Å². The van der Waals surface area contributed by atoms with Crippen LogP contribution in [0.15, 0.2) is 81.5 Å². The molecule has 11 heteroatoms. The van der Waals surface area contributed by atoms with Gasteiger partial charge in [-0.1, -0.05) is 42.1 Å². The van der Waals surface area contributed by atoms with E-state index < -0.39 is 0 Å². The molecule has 0 aliphatic heterocycles. The minimum atomic E-state index is -0.313. The first-order valence-corrected chi connectivity index (χ1v) is 12.4. The van der Waals surface area contributed by atoms with Crippen LogP contribution in [0, 0.1) is 0 Å². The molecule has 0 radical (unpaired) electrons. The minimum Gasteiger partial charge on any atom is -0.503 e. The Morgan fingerprint density at radius 2 is 1.86 bits per heavy atom. The summed E-state index contributed by atoms with van der Waals surface area (Å²) >= 11 is 4.50. The largest absolute Gasteiger partial charge is 0.503 e. The number of carbonyl (C=O) groups excluding carboxylic acids is 1. The lowest BCUT2D eigenvalue weighted by Gasteiger charge is -2.11. The van der Waals surface area contributed by atoms with Gasteiger partial charge in [-0.3, -0.25) is 9.36 Å². The summed E-state index contributed by atoms with van der Waals surface area (Å²) < 4.78 is 12.7. The summed E-state index contributed by atoms with van der Waals surface area (Å²) in [4.78, 5) is 12.5. The molecule has 36 heavy (non-hydrogen) atoms. The van der Waals surface area contributed by atoms with Crippen LogP contribution in [0.3, 0.4) is 0 Å². The lowest BCUT2D eigenvalue weighted by Crippen LogP contribution is -2.20. The molecule has 9 nitrogen and oxygen atoms in total. The number of hydrogen-bond donors (Lipinski definition) is 2. The smallest absolute Gasteiger partial charge is 0.250 e. The Morgan fingerprint density at radius 3 is 2.56 bits per heavy atom. The van der Waals surface area contributed by atoms with E-state index in [1.807, 2.05) is 59.2 Å². The molecule has 1 aromatic heterocycles. The van der Waals surface area contributed by atoms with Gasteiger partial charge in [0.15, 0.2) is 22.5 Å². The molecular weight excluding hydrogens is 546 g/mol. The third kappa shape index (κ3) is 5.86. The van der Waals surface area contributed by atoms with Crippen molar-refractivity contribution in [3.63, 3.8) is 0 Å². The number of thioether (sulfide) groups is 1. The van der Waals surface area contributed by atoms with Gasteiger partial charge in [0.05, 0.1) is 30.7 Å². The third-order valence-corrected chi connectivity index (χ3v) is 6.54. The number of hydrogen-bond acceptors (Lipinski definition) is 8. The van der Waals surface area contributed by atoms with Crippen molar-refractivity contribution in [2.75, 3.05) is 20.0 Å². The van der Waals surface area contributed by atoms with Crippen LogP contribution in [0.4, 0.5) is 0 Å². The summed E-state index contributed by atoms with van der Waals surface area (Å²) in [6.45, 7) is 0. The van der Waals surface area contributed by atoms with Gasteiger partial charge < -0.3 is 14.6 Å².